The molecule has 0 bridgehead atoms. The van der Waals surface area contributed by atoms with Crippen LogP contribution in [0.2, 0.25) is 0 Å². The van der Waals surface area contributed by atoms with Crippen LogP contribution in [0.3, 0.4) is 0 Å². The first-order valence-electron chi connectivity index (χ1n) is 5.47. The normalized spacial score (nSPS) is 20.5. The smallest absolute Gasteiger partial charge is 0.191 e. The van der Waals surface area contributed by atoms with Gasteiger partial charge in [-0.1, -0.05) is 36.2 Å². The molecule has 3 nitrogen and oxygen atoms in total. The lowest BCUT2D eigenvalue weighted by molar-refractivity contribution is -0.300. The average molecular weight is 256 g/mol. The molecule has 3 rings (SSSR count). The molecule has 0 radical (unpaired) electrons. The Balaban J connectivity index is 1.99. The number of carbonyl (C=O) groups excluding carboxylic acids is 1. The van der Waals surface area contributed by atoms with Crippen molar-refractivity contribution in [2.45, 2.75) is 4.90 Å². The standard InChI is InChI=1S/C14H11NO2S/c1-8-13(16)9(14(8)17)7-12-15(2)10-5-3-4-6-11(10)18-12/h3-7,16H,1H2,2H3/p-1/b12-7-. The summed E-state index contributed by atoms with van der Waals surface area (Å²) in [6.45, 7) is 3.44. The molecule has 0 amide bonds. The Hall–Kier alpha value is -1.94. The predicted molar refractivity (Wildman–Crippen MR) is 70.0 cm³/mol. The van der Waals surface area contributed by atoms with Gasteiger partial charge >= 0.3 is 0 Å². The molecule has 1 heterocycles. The van der Waals surface area contributed by atoms with Crippen LogP contribution in [-0.4, -0.2) is 12.8 Å². The zero-order valence-corrected chi connectivity index (χ0v) is 10.6. The van der Waals surface area contributed by atoms with E-state index in [1.165, 1.54) is 0 Å². The topological polar surface area (TPSA) is 43.4 Å². The van der Waals surface area contributed by atoms with E-state index in [0.29, 0.717) is 0 Å². The maximum absolute atomic E-state index is 11.5. The molecule has 0 N–H and O–H groups in total. The van der Waals surface area contributed by atoms with Crippen molar-refractivity contribution in [2.75, 3.05) is 11.9 Å². The van der Waals surface area contributed by atoms with Crippen LogP contribution in [0.25, 0.3) is 0 Å². The van der Waals surface area contributed by atoms with Gasteiger partial charge in [-0.2, -0.15) is 0 Å². The number of hydrogen-bond donors (Lipinski definition) is 0. The van der Waals surface area contributed by atoms with Gasteiger partial charge in [-0.05, 0) is 18.2 Å². The minimum absolute atomic E-state index is 0.0880. The first-order chi connectivity index (χ1) is 8.59. The number of para-hydroxylation sites is 1. The van der Waals surface area contributed by atoms with E-state index in [0.717, 1.165) is 15.6 Å². The summed E-state index contributed by atoms with van der Waals surface area (Å²) in [6, 6.07) is 7.97. The van der Waals surface area contributed by atoms with Gasteiger partial charge in [0, 0.05) is 23.1 Å². The van der Waals surface area contributed by atoms with Crippen LogP contribution >= 0.6 is 11.8 Å². The van der Waals surface area contributed by atoms with E-state index in [4.69, 9.17) is 0 Å². The fraction of sp³-hybridized carbons (Fsp3) is 0.0714. The summed E-state index contributed by atoms with van der Waals surface area (Å²) in [6.07, 6.45) is 1.66. The third-order valence-electron chi connectivity index (χ3n) is 3.08. The molecule has 0 unspecified atom stereocenters. The minimum atomic E-state index is -0.238. The second-order valence-corrected chi connectivity index (χ2v) is 5.22. The molecule has 1 aromatic carbocycles. The number of rotatable bonds is 1. The van der Waals surface area contributed by atoms with E-state index in [9.17, 15) is 9.90 Å². The number of nitrogens with zero attached hydrogens (tertiary/aromatic N) is 1. The second kappa shape index (κ2) is 3.78. The summed E-state index contributed by atoms with van der Waals surface area (Å²) in [7, 11) is 1.92. The molecule has 2 aliphatic rings. The molecule has 1 aliphatic heterocycles. The van der Waals surface area contributed by atoms with E-state index >= 15 is 0 Å². The highest BCUT2D eigenvalue weighted by Crippen LogP contribution is 2.45. The number of benzene rings is 1. The summed E-state index contributed by atoms with van der Waals surface area (Å²) in [4.78, 5) is 14.6. The third kappa shape index (κ3) is 1.42. The van der Waals surface area contributed by atoms with E-state index < -0.39 is 0 Å². The Morgan fingerprint density at radius 3 is 2.78 bits per heavy atom. The van der Waals surface area contributed by atoms with E-state index in [2.05, 4.69) is 6.58 Å². The number of fused-ring (bicyclic) bond motifs is 1. The second-order valence-electron chi connectivity index (χ2n) is 4.16. The quantitative estimate of drug-likeness (QED) is 0.719. The van der Waals surface area contributed by atoms with Crippen molar-refractivity contribution in [1.82, 2.24) is 0 Å². The molecule has 0 spiro atoms. The fourth-order valence-electron chi connectivity index (χ4n) is 1.97. The Kier molecular flexibility index (Phi) is 2.35. The first-order valence-corrected chi connectivity index (χ1v) is 6.29. The lowest BCUT2D eigenvalue weighted by Crippen LogP contribution is -2.28. The lowest BCUT2D eigenvalue weighted by Gasteiger charge is -2.28. The van der Waals surface area contributed by atoms with Gasteiger partial charge in [-0.25, -0.2) is 0 Å². The van der Waals surface area contributed by atoms with E-state index in [1.54, 1.807) is 17.8 Å². The van der Waals surface area contributed by atoms with Gasteiger partial charge in [-0.15, -0.1) is 0 Å². The zero-order chi connectivity index (χ0) is 12.9. The van der Waals surface area contributed by atoms with Gasteiger partial charge in [0.05, 0.1) is 10.7 Å². The summed E-state index contributed by atoms with van der Waals surface area (Å²) in [5, 5.41) is 12.4. The van der Waals surface area contributed by atoms with Crippen LogP contribution in [0.1, 0.15) is 0 Å². The minimum Gasteiger partial charge on any atom is -0.871 e. The maximum atomic E-state index is 11.5. The largest absolute Gasteiger partial charge is 0.871 e. The number of ketones is 1. The molecule has 4 heteroatoms. The molecule has 1 aliphatic carbocycles. The van der Waals surface area contributed by atoms with Crippen molar-refractivity contribution in [1.29, 1.82) is 0 Å². The van der Waals surface area contributed by atoms with Crippen molar-refractivity contribution >= 4 is 23.2 Å². The van der Waals surface area contributed by atoms with Crippen LogP contribution in [0.4, 0.5) is 5.69 Å². The predicted octanol–water partition coefficient (Wildman–Crippen LogP) is 1.82. The molecule has 0 saturated carbocycles. The fourth-order valence-corrected chi connectivity index (χ4v) is 3.06. The van der Waals surface area contributed by atoms with Gasteiger partial charge in [0.2, 0.25) is 0 Å². The van der Waals surface area contributed by atoms with Crippen LogP contribution in [0, 0.1) is 0 Å². The van der Waals surface area contributed by atoms with Gasteiger partial charge in [0.15, 0.2) is 5.78 Å². The van der Waals surface area contributed by atoms with Gasteiger partial charge in [0.25, 0.3) is 0 Å². The highest BCUT2D eigenvalue weighted by atomic mass is 32.2. The monoisotopic (exact) mass is 256 g/mol. The molecule has 90 valence electrons. The van der Waals surface area contributed by atoms with Crippen molar-refractivity contribution < 1.29 is 9.90 Å². The summed E-state index contributed by atoms with van der Waals surface area (Å²) < 4.78 is 0. The van der Waals surface area contributed by atoms with Crippen LogP contribution in [0.5, 0.6) is 0 Å². The SMILES string of the molecule is C=C1C(=O)C(/C=C2\Sc3ccccc3N2C)=C1[O-]. The number of thioether (sulfide) groups is 1. The molecule has 0 fully saturated rings. The Morgan fingerprint density at radius 1 is 1.39 bits per heavy atom. The number of carbonyl (C=O) groups is 1. The third-order valence-corrected chi connectivity index (χ3v) is 4.24. The highest BCUT2D eigenvalue weighted by molar-refractivity contribution is 8.03. The van der Waals surface area contributed by atoms with Gasteiger partial charge < -0.3 is 10.0 Å². The number of anilines is 1. The average Bonchev–Trinajstić information content (AvgIpc) is 2.72. The molecule has 0 aromatic heterocycles. The number of hydrogen-bond acceptors (Lipinski definition) is 4. The van der Waals surface area contributed by atoms with Crippen molar-refractivity contribution in [3.8, 4) is 0 Å². The number of allylic oxidation sites excluding steroid dienone is 3. The Morgan fingerprint density at radius 2 is 2.11 bits per heavy atom. The Labute approximate surface area is 109 Å². The first kappa shape index (κ1) is 11.2. The van der Waals surface area contributed by atoms with E-state index in [1.807, 2.05) is 36.2 Å². The zero-order valence-electron chi connectivity index (χ0n) is 9.77. The molecular formula is C14H10NO2S-. The van der Waals surface area contributed by atoms with Gasteiger partial charge in [-0.3, -0.25) is 4.79 Å². The molecule has 1 aromatic rings. The lowest BCUT2D eigenvalue weighted by atomic mass is 9.89. The van der Waals surface area contributed by atoms with Crippen LogP contribution < -0.4 is 10.0 Å². The Bertz CT molecular complexity index is 643. The number of Topliss-reactive ketones (excluding diaryl/α,β-unsaturated/α-hetero) is 1. The van der Waals surface area contributed by atoms with Crippen molar-refractivity contribution in [3.63, 3.8) is 0 Å². The van der Waals surface area contributed by atoms with Crippen molar-refractivity contribution in [3.05, 3.63) is 58.9 Å². The summed E-state index contributed by atoms with van der Waals surface area (Å²) in [5.41, 5.74) is 1.42. The van der Waals surface area contributed by atoms with Crippen LogP contribution in [-0.2, 0) is 4.79 Å². The highest BCUT2D eigenvalue weighted by Gasteiger charge is 2.27. The van der Waals surface area contributed by atoms with E-state index in [-0.39, 0.29) is 22.7 Å². The summed E-state index contributed by atoms with van der Waals surface area (Å²) >= 11 is 1.56. The van der Waals surface area contributed by atoms with Crippen molar-refractivity contribution in [2.24, 2.45) is 0 Å². The maximum Gasteiger partial charge on any atom is 0.191 e. The molecule has 0 saturated heterocycles. The van der Waals surface area contributed by atoms with Gasteiger partial charge in [0.1, 0.15) is 0 Å². The van der Waals surface area contributed by atoms with Crippen LogP contribution in [0.15, 0.2) is 63.8 Å². The molecular weight excluding hydrogens is 246 g/mol. The molecule has 18 heavy (non-hydrogen) atoms. The molecule has 0 atom stereocenters. The summed E-state index contributed by atoms with van der Waals surface area (Å²) in [5.74, 6) is -0.477.